The van der Waals surface area contributed by atoms with Gasteiger partial charge in [-0.2, -0.15) is 5.26 Å². The lowest BCUT2D eigenvalue weighted by atomic mass is 10.1. The van der Waals surface area contributed by atoms with Gasteiger partial charge in [-0.25, -0.2) is 8.78 Å². The lowest BCUT2D eigenvalue weighted by molar-refractivity contribution is 0.449. The number of benzene rings is 2. The fraction of sp³-hybridized carbons (Fsp3) is 0.188. The first-order chi connectivity index (χ1) is 10.1. The molecule has 5 heteroatoms. The molecule has 0 fully saturated rings. The Balaban J connectivity index is 2.38. The van der Waals surface area contributed by atoms with Crippen LogP contribution in [0.5, 0.6) is 11.5 Å². The summed E-state index contributed by atoms with van der Waals surface area (Å²) in [5, 5.41) is 11.6. The summed E-state index contributed by atoms with van der Waals surface area (Å²) in [7, 11) is 1.71. The summed E-state index contributed by atoms with van der Waals surface area (Å²) < 4.78 is 33.1. The molecule has 108 valence electrons. The summed E-state index contributed by atoms with van der Waals surface area (Å²) in [6.45, 7) is 1.80. The van der Waals surface area contributed by atoms with Crippen molar-refractivity contribution in [2.45, 2.75) is 13.0 Å². The highest BCUT2D eigenvalue weighted by molar-refractivity contribution is 5.42. The first kappa shape index (κ1) is 14.9. The molecule has 0 aliphatic carbocycles. The molecule has 0 amide bonds. The topological polar surface area (TPSA) is 45.0 Å². The van der Waals surface area contributed by atoms with Gasteiger partial charge in [-0.3, -0.25) is 0 Å². The second-order valence-corrected chi connectivity index (χ2v) is 4.52. The van der Waals surface area contributed by atoms with Gasteiger partial charge in [0.05, 0.1) is 5.56 Å². The van der Waals surface area contributed by atoms with Gasteiger partial charge in [-0.05, 0) is 38.2 Å². The van der Waals surface area contributed by atoms with Crippen molar-refractivity contribution in [2.75, 3.05) is 7.05 Å². The lowest BCUT2D eigenvalue weighted by Crippen LogP contribution is -2.14. The minimum atomic E-state index is -0.672. The molecule has 1 unspecified atom stereocenters. The van der Waals surface area contributed by atoms with E-state index in [0.717, 1.165) is 6.07 Å². The first-order valence-electron chi connectivity index (χ1n) is 6.40. The molecule has 0 saturated heterocycles. The van der Waals surface area contributed by atoms with Crippen molar-refractivity contribution in [2.24, 2.45) is 0 Å². The summed E-state index contributed by atoms with van der Waals surface area (Å²) in [5.41, 5.74) is 0.301. The van der Waals surface area contributed by atoms with E-state index in [0.29, 0.717) is 11.3 Å². The number of rotatable bonds is 4. The molecule has 1 N–H and O–H groups in total. The van der Waals surface area contributed by atoms with Crippen molar-refractivity contribution in [1.29, 1.82) is 5.26 Å². The highest BCUT2D eigenvalue weighted by atomic mass is 19.1. The first-order valence-corrected chi connectivity index (χ1v) is 6.40. The van der Waals surface area contributed by atoms with E-state index in [1.807, 2.05) is 0 Å². The Morgan fingerprint density at radius 3 is 2.57 bits per heavy atom. The number of nitrogens with one attached hydrogen (secondary N) is 1. The largest absolute Gasteiger partial charge is 0.457 e. The van der Waals surface area contributed by atoms with Gasteiger partial charge in [0.15, 0.2) is 0 Å². The smallest absolute Gasteiger partial charge is 0.144 e. The summed E-state index contributed by atoms with van der Waals surface area (Å²) in [5.74, 6) is -0.555. The van der Waals surface area contributed by atoms with Crippen molar-refractivity contribution >= 4 is 0 Å². The van der Waals surface area contributed by atoms with E-state index in [1.165, 1.54) is 24.3 Å². The standard InChI is InChI=1S/C16H14F2N2O/c1-10(20-2)16-13(17)4-3-5-15(16)21-12-7-6-11(9-19)14(18)8-12/h3-8,10,20H,1-2H3. The monoisotopic (exact) mass is 288 g/mol. The quantitative estimate of drug-likeness (QED) is 0.927. The van der Waals surface area contributed by atoms with Crippen LogP contribution in [0.4, 0.5) is 8.78 Å². The fourth-order valence-electron chi connectivity index (χ4n) is 1.95. The van der Waals surface area contributed by atoms with E-state index in [1.54, 1.807) is 26.1 Å². The van der Waals surface area contributed by atoms with Gasteiger partial charge in [-0.15, -0.1) is 0 Å². The minimum absolute atomic E-state index is 0.0644. The molecule has 2 rings (SSSR count). The maximum atomic E-state index is 14.0. The number of hydrogen-bond donors (Lipinski definition) is 1. The van der Waals surface area contributed by atoms with E-state index < -0.39 is 11.6 Å². The zero-order valence-electron chi connectivity index (χ0n) is 11.7. The van der Waals surface area contributed by atoms with Crippen LogP contribution < -0.4 is 10.1 Å². The van der Waals surface area contributed by atoms with Gasteiger partial charge in [0.2, 0.25) is 0 Å². The van der Waals surface area contributed by atoms with Gasteiger partial charge in [0, 0.05) is 17.7 Å². The lowest BCUT2D eigenvalue weighted by Gasteiger charge is -2.17. The molecule has 2 aromatic carbocycles. The zero-order valence-corrected chi connectivity index (χ0v) is 11.7. The molecular weight excluding hydrogens is 274 g/mol. The highest BCUT2D eigenvalue weighted by Crippen LogP contribution is 2.32. The second-order valence-electron chi connectivity index (χ2n) is 4.52. The number of hydrogen-bond acceptors (Lipinski definition) is 3. The SMILES string of the molecule is CNC(C)c1c(F)cccc1Oc1ccc(C#N)c(F)c1. The van der Waals surface area contributed by atoms with Crippen LogP contribution in [0.15, 0.2) is 36.4 Å². The Kier molecular flexibility index (Phi) is 4.51. The molecule has 0 bridgehead atoms. The summed E-state index contributed by atoms with van der Waals surface area (Å²) in [6.07, 6.45) is 0. The van der Waals surface area contributed by atoms with Crippen LogP contribution in [0.25, 0.3) is 0 Å². The molecule has 0 aliphatic rings. The number of halogens is 2. The van der Waals surface area contributed by atoms with Gasteiger partial charge in [0.25, 0.3) is 0 Å². The van der Waals surface area contributed by atoms with Crippen molar-refractivity contribution in [3.05, 3.63) is 59.2 Å². The number of nitrogens with zero attached hydrogens (tertiary/aromatic N) is 1. The average molecular weight is 288 g/mol. The third-order valence-corrected chi connectivity index (χ3v) is 3.17. The number of nitriles is 1. The normalized spacial score (nSPS) is 11.8. The molecule has 0 radical (unpaired) electrons. The Morgan fingerprint density at radius 1 is 1.19 bits per heavy atom. The molecule has 0 spiro atoms. The predicted molar refractivity (Wildman–Crippen MR) is 75.1 cm³/mol. The van der Waals surface area contributed by atoms with E-state index in [9.17, 15) is 8.78 Å². The predicted octanol–water partition coefficient (Wildman–Crippen LogP) is 3.91. The van der Waals surface area contributed by atoms with Crippen LogP contribution in [0.1, 0.15) is 24.1 Å². The fourth-order valence-corrected chi connectivity index (χ4v) is 1.95. The summed E-state index contributed by atoms with van der Waals surface area (Å²) >= 11 is 0. The molecule has 0 saturated carbocycles. The molecule has 1 atom stereocenters. The summed E-state index contributed by atoms with van der Waals surface area (Å²) in [4.78, 5) is 0. The van der Waals surface area contributed by atoms with Gasteiger partial charge < -0.3 is 10.1 Å². The van der Waals surface area contributed by atoms with Crippen molar-refractivity contribution < 1.29 is 13.5 Å². The molecule has 3 nitrogen and oxygen atoms in total. The van der Waals surface area contributed by atoms with E-state index >= 15 is 0 Å². The van der Waals surface area contributed by atoms with Crippen LogP contribution in [0.3, 0.4) is 0 Å². The molecule has 0 aromatic heterocycles. The third-order valence-electron chi connectivity index (χ3n) is 3.17. The molecule has 2 aromatic rings. The Labute approximate surface area is 121 Å². The molecule has 0 heterocycles. The van der Waals surface area contributed by atoms with E-state index in [2.05, 4.69) is 5.32 Å². The molecule has 21 heavy (non-hydrogen) atoms. The maximum Gasteiger partial charge on any atom is 0.144 e. The van der Waals surface area contributed by atoms with Gasteiger partial charge >= 0.3 is 0 Å². The third kappa shape index (κ3) is 3.18. The van der Waals surface area contributed by atoms with E-state index in [4.69, 9.17) is 10.00 Å². The Morgan fingerprint density at radius 2 is 1.95 bits per heavy atom. The molecule has 0 aliphatic heterocycles. The zero-order chi connectivity index (χ0) is 15.4. The van der Waals surface area contributed by atoms with Gasteiger partial charge in [0.1, 0.15) is 29.2 Å². The van der Waals surface area contributed by atoms with Crippen LogP contribution in [0.2, 0.25) is 0 Å². The Bertz CT molecular complexity index is 695. The van der Waals surface area contributed by atoms with Crippen LogP contribution in [-0.2, 0) is 0 Å². The number of ether oxygens (including phenoxy) is 1. The summed E-state index contributed by atoms with van der Waals surface area (Å²) in [6, 6.07) is 9.86. The maximum absolute atomic E-state index is 14.0. The van der Waals surface area contributed by atoms with Crippen molar-refractivity contribution in [3.63, 3.8) is 0 Å². The average Bonchev–Trinajstić information content (AvgIpc) is 2.47. The van der Waals surface area contributed by atoms with Crippen LogP contribution in [0, 0.1) is 23.0 Å². The Hall–Kier alpha value is -2.45. The minimum Gasteiger partial charge on any atom is -0.457 e. The van der Waals surface area contributed by atoms with Crippen molar-refractivity contribution in [1.82, 2.24) is 5.32 Å². The van der Waals surface area contributed by atoms with Crippen molar-refractivity contribution in [3.8, 4) is 17.6 Å². The molecular formula is C16H14F2N2O. The van der Waals surface area contributed by atoms with Crippen LogP contribution in [-0.4, -0.2) is 7.05 Å². The van der Waals surface area contributed by atoms with Crippen LogP contribution >= 0.6 is 0 Å². The highest BCUT2D eigenvalue weighted by Gasteiger charge is 2.16. The second kappa shape index (κ2) is 6.33. The van der Waals surface area contributed by atoms with Gasteiger partial charge in [-0.1, -0.05) is 6.07 Å². The van der Waals surface area contributed by atoms with E-state index in [-0.39, 0.29) is 17.4 Å².